The predicted octanol–water partition coefficient (Wildman–Crippen LogP) is 13.7. The lowest BCUT2D eigenvalue weighted by Crippen LogP contribution is -2.10. The minimum absolute atomic E-state index is 0.891. The summed E-state index contributed by atoms with van der Waals surface area (Å²) in [5, 5.41) is 14.9. The summed E-state index contributed by atoms with van der Waals surface area (Å²) >= 11 is 0. The lowest BCUT2D eigenvalue weighted by molar-refractivity contribution is 0.669. The van der Waals surface area contributed by atoms with Crippen LogP contribution < -0.4 is 4.90 Å². The zero-order chi connectivity index (χ0) is 33.2. The van der Waals surface area contributed by atoms with Crippen LogP contribution in [0.15, 0.2) is 174 Å². The van der Waals surface area contributed by atoms with Crippen LogP contribution in [0.5, 0.6) is 0 Å². The van der Waals surface area contributed by atoms with Gasteiger partial charge in [0.2, 0.25) is 0 Å². The number of anilines is 3. The Morgan fingerprint density at radius 3 is 1.53 bits per heavy atom. The molecule has 0 aliphatic heterocycles. The predicted molar refractivity (Wildman–Crippen MR) is 216 cm³/mol. The van der Waals surface area contributed by atoms with Crippen molar-refractivity contribution in [3.05, 3.63) is 170 Å². The first-order valence-corrected chi connectivity index (χ1v) is 17.5. The molecule has 236 valence electrons. The van der Waals surface area contributed by atoms with Gasteiger partial charge in [-0.1, -0.05) is 109 Å². The molecule has 0 atom stereocenters. The highest BCUT2D eigenvalue weighted by Gasteiger charge is 2.21. The number of benzene rings is 9. The third-order valence-electron chi connectivity index (χ3n) is 11.1. The highest BCUT2D eigenvalue weighted by molar-refractivity contribution is 6.26. The van der Waals surface area contributed by atoms with Crippen molar-refractivity contribution in [1.29, 1.82) is 0 Å². The number of fused-ring (bicyclic) bond motifs is 15. The lowest BCUT2D eigenvalue weighted by atomic mass is 9.94. The quantitative estimate of drug-likeness (QED) is 0.178. The fourth-order valence-corrected chi connectivity index (χ4v) is 8.90. The minimum Gasteiger partial charge on any atom is -0.456 e. The molecule has 3 nitrogen and oxygen atoms in total. The van der Waals surface area contributed by atoms with E-state index in [2.05, 4.69) is 167 Å². The Kier molecular flexibility index (Phi) is 5.23. The van der Waals surface area contributed by atoms with Crippen LogP contribution in [0, 0.1) is 0 Å². The molecule has 0 bridgehead atoms. The number of nitrogens with zero attached hydrogens (tertiary/aromatic N) is 2. The van der Waals surface area contributed by atoms with Crippen LogP contribution >= 0.6 is 0 Å². The van der Waals surface area contributed by atoms with Gasteiger partial charge in [0.25, 0.3) is 0 Å². The van der Waals surface area contributed by atoms with E-state index in [9.17, 15) is 0 Å². The average Bonchev–Trinajstić information content (AvgIpc) is 3.85. The minimum atomic E-state index is 0.891. The van der Waals surface area contributed by atoms with E-state index in [4.69, 9.17) is 4.42 Å². The molecule has 0 aliphatic rings. The van der Waals surface area contributed by atoms with E-state index < -0.39 is 0 Å². The molecule has 0 fully saturated rings. The molecule has 3 heteroatoms. The third kappa shape index (κ3) is 3.62. The van der Waals surface area contributed by atoms with Gasteiger partial charge >= 0.3 is 0 Å². The molecule has 0 unspecified atom stereocenters. The highest BCUT2D eigenvalue weighted by Crippen LogP contribution is 2.45. The van der Waals surface area contributed by atoms with Gasteiger partial charge in [0.05, 0.1) is 16.6 Å². The summed E-state index contributed by atoms with van der Waals surface area (Å²) in [6, 6.07) is 61.9. The summed E-state index contributed by atoms with van der Waals surface area (Å²) < 4.78 is 8.72. The van der Waals surface area contributed by atoms with Gasteiger partial charge in [-0.2, -0.15) is 0 Å². The lowest BCUT2D eigenvalue weighted by Gasteiger charge is -2.26. The van der Waals surface area contributed by atoms with Gasteiger partial charge in [-0.25, -0.2) is 0 Å². The molecule has 51 heavy (non-hydrogen) atoms. The molecule has 3 aromatic heterocycles. The largest absolute Gasteiger partial charge is 0.456 e. The second kappa shape index (κ2) is 9.87. The van der Waals surface area contributed by atoms with Gasteiger partial charge < -0.3 is 13.7 Å². The fraction of sp³-hybridized carbons (Fsp3) is 0. The molecule has 12 aromatic rings. The van der Waals surface area contributed by atoms with Gasteiger partial charge in [0.1, 0.15) is 11.2 Å². The Morgan fingerprint density at radius 2 is 0.784 bits per heavy atom. The van der Waals surface area contributed by atoms with E-state index in [-0.39, 0.29) is 0 Å². The molecule has 0 radical (unpaired) electrons. The molecule has 9 aromatic carbocycles. The average molecular weight is 649 g/mol. The van der Waals surface area contributed by atoms with E-state index in [0.29, 0.717) is 0 Å². The molecular weight excluding hydrogens is 621 g/mol. The number of para-hydroxylation sites is 3. The molecule has 0 N–H and O–H groups in total. The maximum Gasteiger partial charge on any atom is 0.135 e. The van der Waals surface area contributed by atoms with Crippen LogP contribution in [0.2, 0.25) is 0 Å². The van der Waals surface area contributed by atoms with Crippen molar-refractivity contribution in [2.24, 2.45) is 0 Å². The molecule has 0 saturated carbocycles. The van der Waals surface area contributed by atoms with Crippen LogP contribution in [0.4, 0.5) is 17.1 Å². The number of hydrogen-bond acceptors (Lipinski definition) is 2. The van der Waals surface area contributed by atoms with E-state index in [0.717, 1.165) is 39.0 Å². The summed E-state index contributed by atoms with van der Waals surface area (Å²) in [5.74, 6) is 0. The normalized spacial score (nSPS) is 12.3. The molecule has 3 heterocycles. The van der Waals surface area contributed by atoms with Crippen molar-refractivity contribution < 1.29 is 4.42 Å². The summed E-state index contributed by atoms with van der Waals surface area (Å²) in [7, 11) is 0. The zero-order valence-electron chi connectivity index (χ0n) is 27.5. The molecular formula is C48H28N2O. The van der Waals surface area contributed by atoms with Gasteiger partial charge in [-0.05, 0) is 93.0 Å². The molecule has 12 rings (SSSR count). The molecule has 0 saturated heterocycles. The van der Waals surface area contributed by atoms with Crippen LogP contribution in [-0.2, 0) is 0 Å². The van der Waals surface area contributed by atoms with Gasteiger partial charge in [-0.15, -0.1) is 0 Å². The maximum atomic E-state index is 6.28. The highest BCUT2D eigenvalue weighted by atomic mass is 16.3. The van der Waals surface area contributed by atoms with E-state index in [1.54, 1.807) is 0 Å². The van der Waals surface area contributed by atoms with Crippen molar-refractivity contribution in [2.45, 2.75) is 0 Å². The van der Waals surface area contributed by atoms with Gasteiger partial charge in [0, 0.05) is 49.4 Å². The Bertz CT molecular complexity index is 3350. The first kappa shape index (κ1) is 27.0. The third-order valence-corrected chi connectivity index (χ3v) is 11.1. The Labute approximate surface area is 292 Å². The van der Waals surface area contributed by atoms with Gasteiger partial charge in [0.15, 0.2) is 0 Å². The Morgan fingerprint density at radius 1 is 0.314 bits per heavy atom. The summed E-state index contributed by atoms with van der Waals surface area (Å²) in [6.45, 7) is 0. The number of rotatable bonds is 3. The van der Waals surface area contributed by atoms with Crippen LogP contribution in [0.3, 0.4) is 0 Å². The number of hydrogen-bond donors (Lipinski definition) is 0. The SMILES string of the molecule is c1ccc2c(c1)oc1ccc(N(c3ccc4c5ccccc5c5ccccc5c4c3)c3ccc4c(c3)c3cccc5c6ccccc6n4c53)cc12. The standard InChI is InChI=1S/C48H28N2O/c1-2-12-34-32(10-1)33-11-3-4-13-35(33)41-26-29(20-23-36(34)41)49(31-22-25-47-43(28-31)38-15-6-8-19-46(38)51-47)30-21-24-45-42(27-30)40-17-9-16-39-37-14-5-7-18-44(37)50(45)48(39)40/h1-28H. The monoisotopic (exact) mass is 648 g/mol. The van der Waals surface area contributed by atoms with Crippen LogP contribution in [0.25, 0.3) is 92.4 Å². The fourth-order valence-electron chi connectivity index (χ4n) is 8.90. The first-order valence-electron chi connectivity index (χ1n) is 17.5. The topological polar surface area (TPSA) is 20.8 Å². The maximum absolute atomic E-state index is 6.28. The Balaban J connectivity index is 1.16. The summed E-state index contributed by atoms with van der Waals surface area (Å²) in [4.78, 5) is 2.41. The van der Waals surface area contributed by atoms with Crippen molar-refractivity contribution in [3.63, 3.8) is 0 Å². The van der Waals surface area contributed by atoms with Gasteiger partial charge in [-0.3, -0.25) is 0 Å². The Hall–Kier alpha value is -6.84. The van der Waals surface area contributed by atoms with Crippen LogP contribution in [-0.4, -0.2) is 4.40 Å². The van der Waals surface area contributed by atoms with E-state index in [1.165, 1.54) is 70.4 Å². The number of aromatic nitrogens is 1. The zero-order valence-corrected chi connectivity index (χ0v) is 27.5. The smallest absolute Gasteiger partial charge is 0.135 e. The molecule has 0 amide bonds. The number of furan rings is 1. The first-order chi connectivity index (χ1) is 25.3. The second-order valence-electron chi connectivity index (χ2n) is 13.7. The van der Waals surface area contributed by atoms with Crippen molar-refractivity contribution in [1.82, 2.24) is 4.40 Å². The van der Waals surface area contributed by atoms with Crippen molar-refractivity contribution >= 4 is 109 Å². The molecule has 0 aliphatic carbocycles. The van der Waals surface area contributed by atoms with E-state index in [1.807, 2.05) is 12.1 Å². The van der Waals surface area contributed by atoms with Crippen molar-refractivity contribution in [2.75, 3.05) is 4.90 Å². The molecule has 0 spiro atoms. The van der Waals surface area contributed by atoms with Crippen LogP contribution in [0.1, 0.15) is 0 Å². The second-order valence-corrected chi connectivity index (χ2v) is 13.7. The summed E-state index contributed by atoms with van der Waals surface area (Å²) in [6.07, 6.45) is 0. The van der Waals surface area contributed by atoms with E-state index >= 15 is 0 Å². The van der Waals surface area contributed by atoms with Crippen molar-refractivity contribution in [3.8, 4) is 0 Å². The summed E-state index contributed by atoms with van der Waals surface area (Å²) in [5.41, 5.74) is 8.84.